The molecule has 2 heterocycles. The fourth-order valence-electron chi connectivity index (χ4n) is 3.44. The first-order valence-corrected chi connectivity index (χ1v) is 7.86. The lowest BCUT2D eigenvalue weighted by molar-refractivity contribution is -0.671. The van der Waals surface area contributed by atoms with Crippen LogP contribution in [0.15, 0.2) is 23.5 Å². The molecule has 2 heteroatoms. The largest absolute Gasteiger partial charge is 0.251 e. The Kier molecular flexibility index (Phi) is 3.95. The van der Waals surface area contributed by atoms with Crippen LogP contribution in [0.3, 0.4) is 0 Å². The van der Waals surface area contributed by atoms with Gasteiger partial charge in [-0.3, -0.25) is 4.99 Å². The van der Waals surface area contributed by atoms with Crippen LogP contribution in [-0.4, -0.2) is 5.71 Å². The molecule has 0 spiro atoms. The van der Waals surface area contributed by atoms with Gasteiger partial charge in [0, 0.05) is 11.8 Å². The highest BCUT2D eigenvalue weighted by Crippen LogP contribution is 2.30. The summed E-state index contributed by atoms with van der Waals surface area (Å²) < 4.78 is 2.13. The maximum atomic E-state index is 4.99. The van der Waals surface area contributed by atoms with Gasteiger partial charge < -0.3 is 0 Å². The predicted molar refractivity (Wildman–Crippen MR) is 78.8 cm³/mol. The number of pyridine rings is 1. The predicted octanol–water partition coefficient (Wildman–Crippen LogP) is 3.89. The van der Waals surface area contributed by atoms with Crippen LogP contribution >= 0.6 is 0 Å². The Bertz CT molecular complexity index is 476. The van der Waals surface area contributed by atoms with Gasteiger partial charge in [-0.05, 0) is 43.6 Å². The monoisotopic (exact) mass is 257 g/mol. The maximum absolute atomic E-state index is 4.99. The molecule has 3 rings (SSSR count). The van der Waals surface area contributed by atoms with Gasteiger partial charge in [-0.25, -0.2) is 4.57 Å². The molecule has 1 aromatic rings. The van der Waals surface area contributed by atoms with E-state index in [2.05, 4.69) is 30.1 Å². The minimum Gasteiger partial charge on any atom is -0.251 e. The molecule has 0 amide bonds. The zero-order valence-corrected chi connectivity index (χ0v) is 12.1. The average Bonchev–Trinajstić information content (AvgIpc) is 2.38. The molecule has 0 saturated heterocycles. The average molecular weight is 257 g/mol. The number of fused-ring (bicyclic) bond motifs is 4. The molecule has 0 aromatic carbocycles. The van der Waals surface area contributed by atoms with Gasteiger partial charge in [0.05, 0.1) is 0 Å². The molecule has 2 nitrogen and oxygen atoms in total. The smallest absolute Gasteiger partial charge is 0.194 e. The summed E-state index contributed by atoms with van der Waals surface area (Å²) in [5.74, 6) is 0.870. The minimum absolute atomic E-state index is 0.870. The molecule has 2 aliphatic rings. The number of aryl methyl sites for hydroxylation is 1. The summed E-state index contributed by atoms with van der Waals surface area (Å²) in [4.78, 5) is 4.99. The van der Waals surface area contributed by atoms with Crippen molar-refractivity contribution in [3.63, 3.8) is 0 Å². The van der Waals surface area contributed by atoms with Crippen molar-refractivity contribution >= 4 is 11.4 Å². The van der Waals surface area contributed by atoms with Gasteiger partial charge in [-0.2, -0.15) is 0 Å². The molecule has 0 N–H and O–H groups in total. The molecule has 102 valence electrons. The molecule has 1 unspecified atom stereocenters. The lowest BCUT2D eigenvalue weighted by Crippen LogP contribution is -2.27. The van der Waals surface area contributed by atoms with E-state index in [0.717, 1.165) is 5.92 Å². The quantitative estimate of drug-likeness (QED) is 0.627. The van der Waals surface area contributed by atoms with Crippen molar-refractivity contribution < 1.29 is 4.57 Å². The third-order valence-electron chi connectivity index (χ3n) is 4.62. The van der Waals surface area contributed by atoms with Gasteiger partial charge >= 0.3 is 0 Å². The van der Waals surface area contributed by atoms with Crippen molar-refractivity contribution in [2.24, 2.45) is 18.0 Å². The molecule has 19 heavy (non-hydrogen) atoms. The van der Waals surface area contributed by atoms with E-state index in [1.54, 1.807) is 0 Å². The molecule has 0 radical (unpaired) electrons. The molecular weight excluding hydrogens is 232 g/mol. The Balaban J connectivity index is 1.97. The fraction of sp³-hybridized carbons (Fsp3) is 0.647. The number of rotatable bonds is 0. The van der Waals surface area contributed by atoms with Crippen LogP contribution < -0.4 is 4.57 Å². The normalized spacial score (nSPS) is 24.1. The van der Waals surface area contributed by atoms with Crippen LogP contribution in [0.2, 0.25) is 0 Å². The Labute approximate surface area is 116 Å². The maximum Gasteiger partial charge on any atom is 0.194 e. The van der Waals surface area contributed by atoms with E-state index in [1.807, 2.05) is 0 Å². The Morgan fingerprint density at radius 2 is 2.00 bits per heavy atom. The summed E-state index contributed by atoms with van der Waals surface area (Å²) in [5, 5.41) is 0. The van der Waals surface area contributed by atoms with E-state index in [9.17, 15) is 0 Å². The van der Waals surface area contributed by atoms with Crippen LogP contribution in [-0.2, 0) is 13.5 Å². The second kappa shape index (κ2) is 5.85. The Morgan fingerprint density at radius 1 is 1.11 bits per heavy atom. The molecule has 1 atom stereocenters. The van der Waals surface area contributed by atoms with Gasteiger partial charge in [0.1, 0.15) is 12.7 Å². The highest BCUT2D eigenvalue weighted by molar-refractivity contribution is 5.87. The highest BCUT2D eigenvalue weighted by Gasteiger charge is 2.19. The molecule has 1 aliphatic carbocycles. The minimum atomic E-state index is 0.870. The third kappa shape index (κ3) is 3.23. The summed E-state index contributed by atoms with van der Waals surface area (Å²) >= 11 is 0. The number of hydrogen-bond acceptors (Lipinski definition) is 1. The number of nitrogens with zero attached hydrogens (tertiary/aromatic N) is 2. The summed E-state index contributed by atoms with van der Waals surface area (Å²) in [6.07, 6.45) is 16.3. The number of aliphatic imine (C=N–C) groups is 1. The van der Waals surface area contributed by atoms with Gasteiger partial charge in [-0.15, -0.1) is 0 Å². The summed E-state index contributed by atoms with van der Waals surface area (Å²) in [5.41, 5.74) is 4.13. The number of aromatic nitrogens is 1. The van der Waals surface area contributed by atoms with Crippen molar-refractivity contribution in [3.05, 3.63) is 24.0 Å². The van der Waals surface area contributed by atoms with Crippen LogP contribution in [0.1, 0.15) is 56.9 Å². The standard InChI is InChI=1S/C17H25N2/c1-19-11-10-15-12-14-6-4-2-3-5-7-16(9-8-14)18-17(15)13-19/h10-11,13-14H,2-9,12H2,1H3/q+1. The van der Waals surface area contributed by atoms with E-state index >= 15 is 0 Å². The second-order valence-corrected chi connectivity index (χ2v) is 6.26. The first kappa shape index (κ1) is 12.8. The van der Waals surface area contributed by atoms with E-state index in [0.29, 0.717) is 0 Å². The van der Waals surface area contributed by atoms with Crippen molar-refractivity contribution in [2.45, 2.75) is 57.8 Å². The second-order valence-electron chi connectivity index (χ2n) is 6.26. The van der Waals surface area contributed by atoms with E-state index in [4.69, 9.17) is 4.99 Å². The molecule has 1 aromatic heterocycles. The highest BCUT2D eigenvalue weighted by atomic mass is 14.9. The van der Waals surface area contributed by atoms with Crippen molar-refractivity contribution in [3.8, 4) is 0 Å². The van der Waals surface area contributed by atoms with Gasteiger partial charge in [0.2, 0.25) is 0 Å². The lowest BCUT2D eigenvalue weighted by Gasteiger charge is -2.22. The number of hydrogen-bond donors (Lipinski definition) is 0. The Morgan fingerprint density at radius 3 is 2.95 bits per heavy atom. The first-order chi connectivity index (χ1) is 9.31. The fourth-order valence-corrected chi connectivity index (χ4v) is 3.44. The molecule has 1 saturated carbocycles. The van der Waals surface area contributed by atoms with Crippen molar-refractivity contribution in [2.75, 3.05) is 0 Å². The summed E-state index contributed by atoms with van der Waals surface area (Å²) in [6.45, 7) is 0. The van der Waals surface area contributed by atoms with E-state index in [-0.39, 0.29) is 0 Å². The summed E-state index contributed by atoms with van der Waals surface area (Å²) in [7, 11) is 2.09. The van der Waals surface area contributed by atoms with E-state index < -0.39 is 0 Å². The van der Waals surface area contributed by atoms with Crippen LogP contribution in [0.25, 0.3) is 0 Å². The van der Waals surface area contributed by atoms with Gasteiger partial charge in [0.15, 0.2) is 12.4 Å². The van der Waals surface area contributed by atoms with Crippen LogP contribution in [0.4, 0.5) is 5.69 Å². The molecule has 1 aliphatic heterocycles. The Hall–Kier alpha value is -1.18. The van der Waals surface area contributed by atoms with Gasteiger partial charge in [-0.1, -0.05) is 25.7 Å². The van der Waals surface area contributed by atoms with Crippen molar-refractivity contribution in [1.82, 2.24) is 0 Å². The zero-order chi connectivity index (χ0) is 13.1. The topological polar surface area (TPSA) is 16.2 Å². The summed E-state index contributed by atoms with van der Waals surface area (Å²) in [6, 6.07) is 2.28. The molecular formula is C17H25N2+. The first-order valence-electron chi connectivity index (χ1n) is 7.86. The van der Waals surface area contributed by atoms with E-state index in [1.165, 1.54) is 74.7 Å². The molecule has 1 fully saturated rings. The third-order valence-corrected chi connectivity index (χ3v) is 4.62. The molecule has 2 bridgehead atoms. The SMILES string of the molecule is C[n+]1ccc2c(c1)N=C1CCCCCCC(CC1)C2. The lowest BCUT2D eigenvalue weighted by atomic mass is 9.86. The van der Waals surface area contributed by atoms with Crippen molar-refractivity contribution in [1.29, 1.82) is 0 Å². The zero-order valence-electron chi connectivity index (χ0n) is 12.1. The van der Waals surface area contributed by atoms with Crippen LogP contribution in [0, 0.1) is 5.92 Å². The van der Waals surface area contributed by atoms with Gasteiger partial charge in [0.25, 0.3) is 0 Å². The van der Waals surface area contributed by atoms with Crippen LogP contribution in [0.5, 0.6) is 0 Å².